The molecule has 0 N–H and O–H groups in total. The Morgan fingerprint density at radius 3 is 1.48 bits per heavy atom. The number of rotatable bonds is 2. The van der Waals surface area contributed by atoms with Crippen LogP contribution in [0.15, 0.2) is 60.7 Å². The SMILES string of the molecule is Cn1c2c(n(C)c1=S)[C@]1(c3ccc(Cl)cc3)C=C[C@@]2(c2ccc(Cl)cc2)C1. The van der Waals surface area contributed by atoms with Crippen LogP contribution in [0.2, 0.25) is 10.0 Å². The van der Waals surface area contributed by atoms with Crippen molar-refractivity contribution in [1.29, 1.82) is 0 Å². The highest BCUT2D eigenvalue weighted by atomic mass is 35.5. The molecule has 2 aromatic carbocycles. The van der Waals surface area contributed by atoms with Gasteiger partial charge in [0, 0.05) is 24.1 Å². The summed E-state index contributed by atoms with van der Waals surface area (Å²) in [7, 11) is 4.14. The molecule has 0 saturated heterocycles. The lowest BCUT2D eigenvalue weighted by molar-refractivity contribution is 0.527. The van der Waals surface area contributed by atoms with E-state index in [0.29, 0.717) is 0 Å². The van der Waals surface area contributed by atoms with Crippen LogP contribution in [-0.2, 0) is 24.9 Å². The molecule has 27 heavy (non-hydrogen) atoms. The van der Waals surface area contributed by atoms with Crippen LogP contribution in [0.5, 0.6) is 0 Å². The molecule has 1 heterocycles. The Bertz CT molecular complexity index is 1070. The number of halogens is 2. The third-order valence-corrected chi connectivity index (χ3v) is 7.29. The summed E-state index contributed by atoms with van der Waals surface area (Å²) in [6.45, 7) is 0. The highest BCUT2D eigenvalue weighted by molar-refractivity contribution is 7.71. The van der Waals surface area contributed by atoms with Gasteiger partial charge in [0.05, 0.1) is 22.2 Å². The van der Waals surface area contributed by atoms with Gasteiger partial charge in [0.1, 0.15) is 0 Å². The molecular weight excluding hydrogens is 395 g/mol. The zero-order valence-electron chi connectivity index (χ0n) is 15.0. The number of hydrogen-bond acceptors (Lipinski definition) is 1. The van der Waals surface area contributed by atoms with E-state index in [2.05, 4.69) is 59.6 Å². The molecule has 2 nitrogen and oxygen atoms in total. The summed E-state index contributed by atoms with van der Waals surface area (Å²) in [5.41, 5.74) is 4.62. The second-order valence-electron chi connectivity index (χ2n) is 7.56. The molecule has 0 fully saturated rings. The van der Waals surface area contributed by atoms with Gasteiger partial charge in [-0.2, -0.15) is 0 Å². The van der Waals surface area contributed by atoms with Crippen molar-refractivity contribution in [3.05, 3.63) is 98.0 Å². The van der Waals surface area contributed by atoms with E-state index in [4.69, 9.17) is 35.4 Å². The Balaban J connectivity index is 1.83. The Morgan fingerprint density at radius 1 is 0.741 bits per heavy atom. The van der Waals surface area contributed by atoms with E-state index in [1.807, 2.05) is 24.3 Å². The summed E-state index contributed by atoms with van der Waals surface area (Å²) in [6, 6.07) is 16.4. The zero-order valence-corrected chi connectivity index (χ0v) is 17.4. The second kappa shape index (κ2) is 5.60. The molecule has 1 aromatic heterocycles. The predicted octanol–water partition coefficient (Wildman–Crippen LogP) is 5.95. The molecule has 0 unspecified atom stereocenters. The average Bonchev–Trinajstić information content (AvgIpc) is 3.28. The highest BCUT2D eigenvalue weighted by Gasteiger charge is 2.59. The molecule has 0 radical (unpaired) electrons. The third-order valence-electron chi connectivity index (χ3n) is 6.24. The van der Waals surface area contributed by atoms with Crippen LogP contribution in [0.3, 0.4) is 0 Å². The van der Waals surface area contributed by atoms with Crippen LogP contribution in [-0.4, -0.2) is 9.13 Å². The Labute approximate surface area is 173 Å². The van der Waals surface area contributed by atoms with E-state index in [1.165, 1.54) is 22.5 Å². The number of nitrogens with zero attached hydrogens (tertiary/aromatic N) is 2. The number of imidazole rings is 1. The molecule has 5 heteroatoms. The van der Waals surface area contributed by atoms with E-state index in [-0.39, 0.29) is 10.8 Å². The van der Waals surface area contributed by atoms with Crippen LogP contribution in [0.25, 0.3) is 0 Å². The minimum absolute atomic E-state index is 0.205. The maximum atomic E-state index is 6.16. The van der Waals surface area contributed by atoms with Gasteiger partial charge in [0.2, 0.25) is 0 Å². The summed E-state index contributed by atoms with van der Waals surface area (Å²) in [5.74, 6) is 0. The van der Waals surface area contributed by atoms with Gasteiger partial charge in [0.25, 0.3) is 0 Å². The Hall–Kier alpha value is -1.81. The van der Waals surface area contributed by atoms with E-state index in [9.17, 15) is 0 Å². The standard InChI is InChI=1S/C22H18Cl2N2S/c1-25-18-19(26(2)20(25)27)22(15-5-9-17(24)10-6-15)12-11-21(18,13-22)14-3-7-16(23)8-4-14/h3-12H,13H2,1-2H3/t21-,22+. The van der Waals surface area contributed by atoms with Gasteiger partial charge in [-0.3, -0.25) is 0 Å². The van der Waals surface area contributed by atoms with Crippen LogP contribution in [0.1, 0.15) is 28.9 Å². The van der Waals surface area contributed by atoms with E-state index < -0.39 is 0 Å². The zero-order chi connectivity index (χ0) is 19.0. The van der Waals surface area contributed by atoms with Gasteiger partial charge in [-0.15, -0.1) is 0 Å². The molecule has 2 atom stereocenters. The monoisotopic (exact) mass is 412 g/mol. The minimum Gasteiger partial charge on any atom is -0.322 e. The normalized spacial score (nSPS) is 25.2. The fourth-order valence-corrected chi connectivity index (χ4v) is 5.52. The Morgan fingerprint density at radius 2 is 1.11 bits per heavy atom. The lowest BCUT2D eigenvalue weighted by Gasteiger charge is -2.27. The van der Waals surface area contributed by atoms with E-state index in [0.717, 1.165) is 21.2 Å². The third kappa shape index (κ3) is 2.11. The van der Waals surface area contributed by atoms with Crippen molar-refractivity contribution in [2.75, 3.05) is 0 Å². The molecule has 2 aliphatic carbocycles. The number of benzene rings is 2. The van der Waals surface area contributed by atoms with Crippen molar-refractivity contribution in [2.45, 2.75) is 17.3 Å². The van der Waals surface area contributed by atoms with Crippen molar-refractivity contribution in [3.63, 3.8) is 0 Å². The Kier molecular flexibility index (Phi) is 3.59. The first-order valence-electron chi connectivity index (χ1n) is 8.88. The van der Waals surface area contributed by atoms with Crippen LogP contribution in [0, 0.1) is 4.77 Å². The summed E-state index contributed by atoms with van der Waals surface area (Å²) in [6.07, 6.45) is 5.65. The number of fused-ring (bicyclic) bond motifs is 5. The fraction of sp³-hybridized carbons (Fsp3) is 0.227. The average molecular weight is 413 g/mol. The molecule has 0 spiro atoms. The van der Waals surface area contributed by atoms with Crippen molar-refractivity contribution < 1.29 is 0 Å². The number of allylic oxidation sites excluding steroid dienone is 2. The topological polar surface area (TPSA) is 9.86 Å². The largest absolute Gasteiger partial charge is 0.322 e. The molecule has 3 aromatic rings. The molecule has 136 valence electrons. The van der Waals surface area contributed by atoms with Gasteiger partial charge < -0.3 is 9.13 Å². The van der Waals surface area contributed by atoms with Crippen LogP contribution in [0.4, 0.5) is 0 Å². The summed E-state index contributed by atoms with van der Waals surface area (Å²) >= 11 is 18.1. The lowest BCUT2D eigenvalue weighted by atomic mass is 9.77. The predicted molar refractivity (Wildman–Crippen MR) is 113 cm³/mol. The van der Waals surface area contributed by atoms with Crippen molar-refractivity contribution in [2.24, 2.45) is 14.1 Å². The molecule has 0 aliphatic heterocycles. The quantitative estimate of drug-likeness (QED) is 0.373. The number of hydrogen-bond donors (Lipinski definition) is 0. The first kappa shape index (κ1) is 17.3. The van der Waals surface area contributed by atoms with Gasteiger partial charge >= 0.3 is 0 Å². The van der Waals surface area contributed by atoms with Gasteiger partial charge in [-0.1, -0.05) is 59.6 Å². The first-order chi connectivity index (χ1) is 12.9. The lowest BCUT2D eigenvalue weighted by Crippen LogP contribution is -2.25. The summed E-state index contributed by atoms with van der Waals surface area (Å²) in [4.78, 5) is 0. The number of aromatic nitrogens is 2. The van der Waals surface area contributed by atoms with Gasteiger partial charge in [-0.05, 0) is 54.0 Å². The highest BCUT2D eigenvalue weighted by Crippen LogP contribution is 2.61. The molecule has 2 aliphatic rings. The summed E-state index contributed by atoms with van der Waals surface area (Å²) < 4.78 is 5.17. The maximum absolute atomic E-state index is 6.16. The smallest absolute Gasteiger partial charge is 0.179 e. The minimum atomic E-state index is -0.205. The van der Waals surface area contributed by atoms with Crippen LogP contribution >= 0.6 is 35.4 Å². The van der Waals surface area contributed by atoms with E-state index in [1.54, 1.807) is 0 Å². The summed E-state index contributed by atoms with van der Waals surface area (Å²) in [5, 5.41) is 1.50. The molecule has 2 bridgehead atoms. The van der Waals surface area contributed by atoms with Gasteiger partial charge in [-0.25, -0.2) is 0 Å². The molecule has 5 rings (SSSR count). The van der Waals surface area contributed by atoms with E-state index >= 15 is 0 Å². The van der Waals surface area contributed by atoms with Gasteiger partial charge in [0.15, 0.2) is 4.77 Å². The molecule has 0 amide bonds. The first-order valence-corrected chi connectivity index (χ1v) is 10.0. The van der Waals surface area contributed by atoms with Crippen molar-refractivity contribution >= 4 is 35.4 Å². The fourth-order valence-electron chi connectivity index (χ4n) is 5.09. The maximum Gasteiger partial charge on any atom is 0.179 e. The molecular formula is C22H18Cl2N2S. The van der Waals surface area contributed by atoms with Crippen molar-refractivity contribution in [1.82, 2.24) is 9.13 Å². The van der Waals surface area contributed by atoms with Crippen LogP contribution < -0.4 is 0 Å². The molecule has 0 saturated carbocycles. The van der Waals surface area contributed by atoms with Crippen molar-refractivity contribution in [3.8, 4) is 0 Å². The second-order valence-corrected chi connectivity index (χ2v) is 8.80.